The van der Waals surface area contributed by atoms with E-state index in [1.54, 1.807) is 7.11 Å². The lowest BCUT2D eigenvalue weighted by molar-refractivity contribution is -0.149. The minimum absolute atomic E-state index is 0.0759. The molecule has 2 aromatic heterocycles. The summed E-state index contributed by atoms with van der Waals surface area (Å²) in [6, 6.07) is 7.68. The summed E-state index contributed by atoms with van der Waals surface area (Å²) in [5.74, 6) is 0.662. The maximum atomic E-state index is 12.1. The van der Waals surface area contributed by atoms with Crippen LogP contribution in [0.3, 0.4) is 0 Å². The van der Waals surface area contributed by atoms with Crippen LogP contribution in [0.15, 0.2) is 30.6 Å². The van der Waals surface area contributed by atoms with Crippen molar-refractivity contribution in [2.75, 3.05) is 26.8 Å². The molecule has 0 spiro atoms. The second-order valence-corrected chi connectivity index (χ2v) is 7.99. The number of aromatic hydroxyl groups is 1. The minimum Gasteiger partial charge on any atom is -0.497 e. The van der Waals surface area contributed by atoms with Gasteiger partial charge in [0.25, 0.3) is 0 Å². The molecule has 1 aromatic carbocycles. The molecule has 1 fully saturated rings. The zero-order valence-electron chi connectivity index (χ0n) is 16.4. The summed E-state index contributed by atoms with van der Waals surface area (Å²) in [6.45, 7) is 3.67. The summed E-state index contributed by atoms with van der Waals surface area (Å²) in [4.78, 5) is 20.1. The van der Waals surface area contributed by atoms with Crippen molar-refractivity contribution < 1.29 is 19.4 Å². The number of esters is 1. The van der Waals surface area contributed by atoms with Gasteiger partial charge in [-0.25, -0.2) is 4.98 Å². The predicted octanol–water partition coefficient (Wildman–Crippen LogP) is 2.87. The number of carbonyl (C=O) groups is 1. The van der Waals surface area contributed by atoms with Crippen LogP contribution >= 0.6 is 11.3 Å². The zero-order valence-corrected chi connectivity index (χ0v) is 17.3. The van der Waals surface area contributed by atoms with E-state index in [1.807, 2.05) is 31.2 Å². The summed E-state index contributed by atoms with van der Waals surface area (Å²) in [5.41, 5.74) is 1.01. The Balaban J connectivity index is 1.67. The summed E-state index contributed by atoms with van der Waals surface area (Å²) in [7, 11) is 1.64. The van der Waals surface area contributed by atoms with Crippen LogP contribution in [0, 0.1) is 5.92 Å². The van der Waals surface area contributed by atoms with Gasteiger partial charge in [0.1, 0.15) is 12.1 Å². The lowest BCUT2D eigenvalue weighted by Crippen LogP contribution is -2.39. The normalized spacial score (nSPS) is 16.8. The van der Waals surface area contributed by atoms with Gasteiger partial charge in [-0.15, -0.1) is 0 Å². The van der Waals surface area contributed by atoms with E-state index in [1.165, 1.54) is 22.2 Å². The first-order valence-electron chi connectivity index (χ1n) is 9.68. The number of rotatable bonds is 6. The molecular formula is C20H24N4O4S. The van der Waals surface area contributed by atoms with Gasteiger partial charge in [-0.3, -0.25) is 9.69 Å². The number of nitrogens with zero attached hydrogens (tertiary/aromatic N) is 4. The molecule has 3 aromatic rings. The topological polar surface area (TPSA) is 89.2 Å². The first kappa shape index (κ1) is 19.7. The SMILES string of the molecule is CCOC(=O)C1CCN([C@@H](c2cccc(OC)c2)c2sc3ncnn3c2O)CC1. The first-order chi connectivity index (χ1) is 14.1. The number of thiazole rings is 1. The van der Waals surface area contributed by atoms with Crippen LogP contribution in [-0.4, -0.2) is 57.4 Å². The lowest BCUT2D eigenvalue weighted by Gasteiger charge is -2.36. The maximum absolute atomic E-state index is 12.1. The minimum atomic E-state index is -0.179. The van der Waals surface area contributed by atoms with Crippen LogP contribution in [0.25, 0.3) is 4.96 Å². The van der Waals surface area contributed by atoms with E-state index in [2.05, 4.69) is 15.0 Å². The Bertz CT molecular complexity index is 993. The van der Waals surface area contributed by atoms with Crippen molar-refractivity contribution in [2.24, 2.45) is 5.92 Å². The second-order valence-electron chi connectivity index (χ2n) is 6.99. The molecule has 8 nitrogen and oxygen atoms in total. The number of aromatic nitrogens is 3. The third-order valence-corrected chi connectivity index (χ3v) is 6.40. The molecule has 9 heteroatoms. The van der Waals surface area contributed by atoms with Gasteiger partial charge in [-0.05, 0) is 50.6 Å². The highest BCUT2D eigenvalue weighted by atomic mass is 32.1. The zero-order chi connectivity index (χ0) is 20.4. The monoisotopic (exact) mass is 416 g/mol. The Hall–Kier alpha value is -2.65. The Morgan fingerprint density at radius 3 is 2.86 bits per heavy atom. The van der Waals surface area contributed by atoms with Crippen LogP contribution < -0.4 is 4.74 Å². The van der Waals surface area contributed by atoms with Gasteiger partial charge < -0.3 is 14.6 Å². The van der Waals surface area contributed by atoms with Crippen molar-refractivity contribution in [3.05, 3.63) is 41.0 Å². The van der Waals surface area contributed by atoms with Crippen molar-refractivity contribution in [2.45, 2.75) is 25.8 Å². The number of ether oxygens (including phenoxy) is 2. The van der Waals surface area contributed by atoms with E-state index in [0.717, 1.165) is 42.1 Å². The van der Waals surface area contributed by atoms with Crippen molar-refractivity contribution in [1.82, 2.24) is 19.5 Å². The van der Waals surface area contributed by atoms with E-state index < -0.39 is 0 Å². The molecule has 1 atom stereocenters. The van der Waals surface area contributed by atoms with Gasteiger partial charge in [0.15, 0.2) is 0 Å². The van der Waals surface area contributed by atoms with Crippen molar-refractivity contribution in [3.8, 4) is 11.6 Å². The maximum Gasteiger partial charge on any atom is 0.309 e. The first-order valence-corrected chi connectivity index (χ1v) is 10.5. The number of hydrogen-bond acceptors (Lipinski definition) is 8. The number of fused-ring (bicyclic) bond motifs is 1. The molecule has 0 saturated carbocycles. The standard InChI is InChI=1S/C20H24N4O4S/c1-3-28-19(26)13-7-9-23(10-8-13)16(14-5-4-6-15(11-14)27-2)17-18(25)24-20(29-17)21-12-22-24/h4-6,11-13,16,25H,3,7-10H2,1-2H3/t16-/m0/s1. The largest absolute Gasteiger partial charge is 0.497 e. The molecule has 154 valence electrons. The quantitative estimate of drug-likeness (QED) is 0.618. The number of likely N-dealkylation sites (tertiary alicyclic amines) is 1. The fraction of sp³-hybridized carbons (Fsp3) is 0.450. The van der Waals surface area contributed by atoms with Crippen molar-refractivity contribution in [3.63, 3.8) is 0 Å². The molecule has 0 radical (unpaired) electrons. The molecule has 0 amide bonds. The molecule has 0 bridgehead atoms. The van der Waals surface area contributed by atoms with E-state index in [4.69, 9.17) is 9.47 Å². The highest BCUT2D eigenvalue weighted by molar-refractivity contribution is 7.17. The van der Waals surface area contributed by atoms with E-state index in [-0.39, 0.29) is 23.8 Å². The van der Waals surface area contributed by atoms with Gasteiger partial charge in [0.05, 0.1) is 30.6 Å². The fourth-order valence-corrected chi connectivity index (χ4v) is 4.96. The van der Waals surface area contributed by atoms with E-state index >= 15 is 0 Å². The van der Waals surface area contributed by atoms with E-state index in [0.29, 0.717) is 11.6 Å². The van der Waals surface area contributed by atoms with E-state index in [9.17, 15) is 9.90 Å². The second kappa shape index (κ2) is 8.38. The lowest BCUT2D eigenvalue weighted by atomic mass is 9.93. The molecule has 3 heterocycles. The molecule has 0 unspecified atom stereocenters. The Morgan fingerprint density at radius 2 is 2.17 bits per heavy atom. The third-order valence-electron chi connectivity index (χ3n) is 5.31. The molecule has 1 aliphatic heterocycles. The van der Waals surface area contributed by atoms with Crippen LogP contribution in [0.1, 0.15) is 36.2 Å². The Kier molecular flexibility index (Phi) is 5.68. The average molecular weight is 417 g/mol. The molecule has 0 aliphatic carbocycles. The van der Waals surface area contributed by atoms with Crippen LogP contribution in [0.2, 0.25) is 0 Å². The molecular weight excluding hydrogens is 392 g/mol. The summed E-state index contributed by atoms with van der Waals surface area (Å²) in [6.07, 6.45) is 2.88. The predicted molar refractivity (Wildman–Crippen MR) is 108 cm³/mol. The molecule has 4 rings (SSSR count). The van der Waals surface area contributed by atoms with Crippen LogP contribution in [0.5, 0.6) is 11.6 Å². The number of hydrogen-bond donors (Lipinski definition) is 1. The molecule has 1 saturated heterocycles. The van der Waals surface area contributed by atoms with Crippen molar-refractivity contribution in [1.29, 1.82) is 0 Å². The van der Waals surface area contributed by atoms with Gasteiger partial charge in [0, 0.05) is 0 Å². The number of methoxy groups -OCH3 is 1. The van der Waals surface area contributed by atoms with Gasteiger partial charge in [-0.1, -0.05) is 23.5 Å². The third kappa shape index (κ3) is 3.79. The van der Waals surface area contributed by atoms with Gasteiger partial charge >= 0.3 is 5.97 Å². The van der Waals surface area contributed by atoms with Gasteiger partial charge in [-0.2, -0.15) is 9.61 Å². The highest BCUT2D eigenvalue weighted by Gasteiger charge is 2.34. The number of piperidine rings is 1. The summed E-state index contributed by atoms with van der Waals surface area (Å²) >= 11 is 1.42. The Morgan fingerprint density at radius 1 is 1.38 bits per heavy atom. The molecule has 1 aliphatic rings. The summed E-state index contributed by atoms with van der Waals surface area (Å²) in [5, 5.41) is 14.9. The summed E-state index contributed by atoms with van der Waals surface area (Å²) < 4.78 is 12.1. The number of carbonyl (C=O) groups excluding carboxylic acids is 1. The Labute approximate surface area is 172 Å². The van der Waals surface area contributed by atoms with Crippen LogP contribution in [-0.2, 0) is 9.53 Å². The van der Waals surface area contributed by atoms with Crippen LogP contribution in [0.4, 0.5) is 0 Å². The van der Waals surface area contributed by atoms with Crippen molar-refractivity contribution >= 4 is 22.3 Å². The fourth-order valence-electron chi connectivity index (χ4n) is 3.87. The smallest absolute Gasteiger partial charge is 0.309 e. The number of benzene rings is 1. The van der Waals surface area contributed by atoms with Gasteiger partial charge in [0.2, 0.25) is 10.8 Å². The average Bonchev–Trinajstić information content (AvgIpc) is 3.32. The molecule has 29 heavy (non-hydrogen) atoms. The highest BCUT2D eigenvalue weighted by Crippen LogP contribution is 2.41. The molecule has 1 N–H and O–H groups in total.